The van der Waals surface area contributed by atoms with E-state index in [0.29, 0.717) is 17.5 Å². The smallest absolute Gasteiger partial charge is 0.129 e. The quantitative estimate of drug-likeness (QED) is 0.697. The summed E-state index contributed by atoms with van der Waals surface area (Å²) in [4.78, 5) is 7.02. The average molecular weight is 237 g/mol. The van der Waals surface area contributed by atoms with Gasteiger partial charge in [-0.2, -0.15) is 0 Å². The van der Waals surface area contributed by atoms with Crippen LogP contribution in [0.25, 0.3) is 0 Å². The van der Waals surface area contributed by atoms with Crippen LogP contribution in [0, 0.1) is 6.92 Å². The number of pyridine rings is 1. The van der Waals surface area contributed by atoms with Crippen LogP contribution in [-0.2, 0) is 0 Å². The van der Waals surface area contributed by atoms with Crippen molar-refractivity contribution in [3.63, 3.8) is 0 Å². The maximum Gasteiger partial charge on any atom is 0.129 e. The van der Waals surface area contributed by atoms with Gasteiger partial charge in [-0.25, -0.2) is 4.98 Å². The minimum Gasteiger partial charge on any atom is -0.351 e. The van der Waals surface area contributed by atoms with Gasteiger partial charge in [0.25, 0.3) is 0 Å². The minimum atomic E-state index is 0.374. The summed E-state index contributed by atoms with van der Waals surface area (Å²) in [6.07, 6.45) is 6.71. The molecule has 0 aromatic carbocycles. The second-order valence-electron chi connectivity index (χ2n) is 5.05. The fourth-order valence-corrected chi connectivity index (χ4v) is 3.56. The number of aryl methyl sites for hydroxylation is 1. The number of aromatic nitrogens is 1. The molecule has 2 atom stereocenters. The molecule has 0 N–H and O–H groups in total. The zero-order chi connectivity index (χ0) is 11.1. The highest BCUT2D eigenvalue weighted by Crippen LogP contribution is 2.40. The van der Waals surface area contributed by atoms with E-state index in [1.807, 2.05) is 6.20 Å². The molecule has 0 radical (unpaired) electrons. The molecule has 86 valence electrons. The predicted octanol–water partition coefficient (Wildman–Crippen LogP) is 3.13. The largest absolute Gasteiger partial charge is 0.351 e. The van der Waals surface area contributed by atoms with Crippen LogP contribution in [0.5, 0.6) is 0 Å². The van der Waals surface area contributed by atoms with Crippen LogP contribution < -0.4 is 4.90 Å². The van der Waals surface area contributed by atoms with Gasteiger partial charge in [-0.3, -0.25) is 0 Å². The van der Waals surface area contributed by atoms with Crippen LogP contribution in [-0.4, -0.2) is 22.4 Å². The molecule has 2 aliphatic rings. The molecular formula is C13H17ClN2. The third-order valence-corrected chi connectivity index (χ3v) is 4.20. The molecule has 3 heteroatoms. The standard InChI is InChI=1S/C13H17ClN2/c1-9-4-5-15-13(6-9)16-11-2-3-12(16)8-10(14)7-11/h4-6,10-12H,2-3,7-8H2,1H3. The number of rotatable bonds is 1. The molecule has 2 unspecified atom stereocenters. The average Bonchev–Trinajstić information content (AvgIpc) is 2.51. The van der Waals surface area contributed by atoms with Crippen LogP contribution in [0.3, 0.4) is 0 Å². The lowest BCUT2D eigenvalue weighted by atomic mass is 10.0. The molecule has 0 spiro atoms. The zero-order valence-electron chi connectivity index (χ0n) is 9.56. The van der Waals surface area contributed by atoms with Crippen molar-refractivity contribution in [1.82, 2.24) is 4.98 Å². The number of fused-ring (bicyclic) bond motifs is 2. The highest BCUT2D eigenvalue weighted by atomic mass is 35.5. The summed E-state index contributed by atoms with van der Waals surface area (Å²) in [5, 5.41) is 0.374. The zero-order valence-corrected chi connectivity index (χ0v) is 10.3. The van der Waals surface area contributed by atoms with Gasteiger partial charge in [0.1, 0.15) is 5.82 Å². The fraction of sp³-hybridized carbons (Fsp3) is 0.615. The Morgan fingerprint density at radius 1 is 1.31 bits per heavy atom. The summed E-state index contributed by atoms with van der Waals surface area (Å²) in [7, 11) is 0. The molecule has 2 saturated heterocycles. The van der Waals surface area contributed by atoms with Crippen LogP contribution in [0.15, 0.2) is 18.3 Å². The van der Waals surface area contributed by atoms with Gasteiger partial charge in [0.05, 0.1) is 0 Å². The summed E-state index contributed by atoms with van der Waals surface area (Å²) in [6, 6.07) is 5.49. The maximum absolute atomic E-state index is 6.28. The summed E-state index contributed by atoms with van der Waals surface area (Å²) >= 11 is 6.28. The van der Waals surface area contributed by atoms with Crippen LogP contribution in [0.4, 0.5) is 5.82 Å². The van der Waals surface area contributed by atoms with Crippen molar-refractivity contribution >= 4 is 17.4 Å². The highest BCUT2D eigenvalue weighted by Gasteiger charge is 2.40. The van der Waals surface area contributed by atoms with Crippen molar-refractivity contribution in [3.05, 3.63) is 23.9 Å². The van der Waals surface area contributed by atoms with Crippen molar-refractivity contribution in [1.29, 1.82) is 0 Å². The number of halogens is 1. The second kappa shape index (κ2) is 3.92. The van der Waals surface area contributed by atoms with E-state index in [2.05, 4.69) is 28.9 Å². The topological polar surface area (TPSA) is 16.1 Å². The van der Waals surface area contributed by atoms with E-state index in [-0.39, 0.29) is 0 Å². The molecule has 0 saturated carbocycles. The van der Waals surface area contributed by atoms with Crippen molar-refractivity contribution in [2.75, 3.05) is 4.90 Å². The lowest BCUT2D eigenvalue weighted by Crippen LogP contribution is -2.43. The van der Waals surface area contributed by atoms with Gasteiger partial charge in [0.2, 0.25) is 0 Å². The molecule has 0 aliphatic carbocycles. The lowest BCUT2D eigenvalue weighted by Gasteiger charge is -2.38. The number of hydrogen-bond acceptors (Lipinski definition) is 2. The molecule has 2 aliphatic heterocycles. The number of anilines is 1. The van der Waals surface area contributed by atoms with E-state index in [0.717, 1.165) is 18.7 Å². The molecule has 1 aromatic rings. The minimum absolute atomic E-state index is 0.374. The van der Waals surface area contributed by atoms with Crippen molar-refractivity contribution in [2.45, 2.75) is 50.1 Å². The molecule has 3 rings (SSSR count). The number of hydrogen-bond donors (Lipinski definition) is 0. The first-order valence-electron chi connectivity index (χ1n) is 6.09. The molecular weight excluding hydrogens is 220 g/mol. The van der Waals surface area contributed by atoms with Gasteiger partial charge in [-0.05, 0) is 50.3 Å². The molecule has 2 bridgehead atoms. The van der Waals surface area contributed by atoms with Gasteiger partial charge in [-0.15, -0.1) is 11.6 Å². The Hall–Kier alpha value is -0.760. The van der Waals surface area contributed by atoms with Crippen LogP contribution in [0.1, 0.15) is 31.2 Å². The van der Waals surface area contributed by atoms with E-state index in [4.69, 9.17) is 11.6 Å². The van der Waals surface area contributed by atoms with Crippen molar-refractivity contribution in [3.8, 4) is 0 Å². The number of alkyl halides is 1. The Bertz CT molecular complexity index is 379. The molecule has 0 amide bonds. The van der Waals surface area contributed by atoms with Crippen molar-refractivity contribution < 1.29 is 0 Å². The summed E-state index contributed by atoms with van der Waals surface area (Å²) in [6.45, 7) is 2.13. The third-order valence-electron chi connectivity index (χ3n) is 3.84. The van der Waals surface area contributed by atoms with Crippen LogP contribution in [0.2, 0.25) is 0 Å². The molecule has 16 heavy (non-hydrogen) atoms. The molecule has 2 nitrogen and oxygen atoms in total. The Morgan fingerprint density at radius 2 is 2.00 bits per heavy atom. The second-order valence-corrected chi connectivity index (χ2v) is 5.67. The van der Waals surface area contributed by atoms with E-state index in [9.17, 15) is 0 Å². The SMILES string of the molecule is Cc1ccnc(N2C3CCC2CC(Cl)C3)c1. The number of nitrogens with zero attached hydrogens (tertiary/aromatic N) is 2. The van der Waals surface area contributed by atoms with Gasteiger partial charge >= 0.3 is 0 Å². The Balaban J connectivity index is 1.91. The Morgan fingerprint density at radius 3 is 2.62 bits per heavy atom. The first kappa shape index (κ1) is 10.4. The summed E-state index contributed by atoms with van der Waals surface area (Å²) in [5.74, 6) is 1.15. The molecule has 3 heterocycles. The monoisotopic (exact) mass is 236 g/mol. The van der Waals surface area contributed by atoms with Gasteiger partial charge < -0.3 is 4.90 Å². The third kappa shape index (κ3) is 1.69. The van der Waals surface area contributed by atoms with Gasteiger partial charge in [0, 0.05) is 23.7 Å². The lowest BCUT2D eigenvalue weighted by molar-refractivity contribution is 0.470. The first-order chi connectivity index (χ1) is 7.74. The normalized spacial score (nSPS) is 33.1. The molecule has 2 fully saturated rings. The van der Waals surface area contributed by atoms with E-state index >= 15 is 0 Å². The summed E-state index contributed by atoms with van der Waals surface area (Å²) in [5.41, 5.74) is 1.29. The number of piperidine rings is 1. The maximum atomic E-state index is 6.28. The van der Waals surface area contributed by atoms with Crippen LogP contribution >= 0.6 is 11.6 Å². The van der Waals surface area contributed by atoms with Gasteiger partial charge in [-0.1, -0.05) is 0 Å². The van der Waals surface area contributed by atoms with E-state index in [1.165, 1.54) is 18.4 Å². The van der Waals surface area contributed by atoms with Crippen molar-refractivity contribution in [2.24, 2.45) is 0 Å². The highest BCUT2D eigenvalue weighted by molar-refractivity contribution is 6.20. The van der Waals surface area contributed by atoms with E-state index < -0.39 is 0 Å². The molecule has 1 aromatic heterocycles. The predicted molar refractivity (Wildman–Crippen MR) is 67.1 cm³/mol. The summed E-state index contributed by atoms with van der Waals surface area (Å²) < 4.78 is 0. The Labute approximate surface area is 102 Å². The fourth-order valence-electron chi connectivity index (χ4n) is 3.15. The first-order valence-corrected chi connectivity index (χ1v) is 6.53. The van der Waals surface area contributed by atoms with Gasteiger partial charge in [0.15, 0.2) is 0 Å². The Kier molecular flexibility index (Phi) is 2.55. The van der Waals surface area contributed by atoms with E-state index in [1.54, 1.807) is 0 Å².